The molecule has 2 aromatic heterocycles. The lowest BCUT2D eigenvalue weighted by Gasteiger charge is -2.32. The highest BCUT2D eigenvalue weighted by Crippen LogP contribution is 2.31. The van der Waals surface area contributed by atoms with E-state index >= 15 is 0 Å². The number of halogens is 3. The van der Waals surface area contributed by atoms with Gasteiger partial charge in [-0.05, 0) is 49.9 Å². The fourth-order valence-electron chi connectivity index (χ4n) is 4.20. The molecule has 4 aromatic rings. The molecule has 1 amide bonds. The third-order valence-corrected chi connectivity index (χ3v) is 6.51. The molecule has 10 nitrogen and oxygen atoms in total. The zero-order valence-electron chi connectivity index (χ0n) is 21.9. The van der Waals surface area contributed by atoms with Crippen molar-refractivity contribution in [1.82, 2.24) is 29.4 Å². The number of hydrazine groups is 1. The van der Waals surface area contributed by atoms with E-state index in [4.69, 9.17) is 0 Å². The van der Waals surface area contributed by atoms with Crippen LogP contribution in [0.2, 0.25) is 0 Å². The summed E-state index contributed by atoms with van der Waals surface area (Å²) in [4.78, 5) is 28.3. The first kappa shape index (κ1) is 27.1. The van der Waals surface area contributed by atoms with Crippen LogP contribution in [-0.2, 0) is 6.18 Å². The molecule has 3 heterocycles. The van der Waals surface area contributed by atoms with Gasteiger partial charge in [-0.2, -0.15) is 13.2 Å². The van der Waals surface area contributed by atoms with Crippen molar-refractivity contribution in [1.29, 1.82) is 0 Å². The van der Waals surface area contributed by atoms with Crippen molar-refractivity contribution in [2.75, 3.05) is 49.3 Å². The number of piperazine rings is 1. The summed E-state index contributed by atoms with van der Waals surface area (Å²) in [6.45, 7) is 5.51. The monoisotopic (exact) mass is 551 g/mol. The Bertz CT molecular complexity index is 1500. The second kappa shape index (κ2) is 11.3. The number of imidazole rings is 1. The summed E-state index contributed by atoms with van der Waals surface area (Å²) in [7, 11) is 2.09. The number of nitrogens with one attached hydrogen (secondary N) is 3. The lowest BCUT2D eigenvalue weighted by atomic mass is 10.1. The van der Waals surface area contributed by atoms with Crippen LogP contribution in [0, 0.1) is 6.92 Å². The van der Waals surface area contributed by atoms with Crippen LogP contribution in [0.5, 0.6) is 0 Å². The molecule has 0 spiro atoms. The van der Waals surface area contributed by atoms with Crippen LogP contribution in [0.4, 0.5) is 36.3 Å². The SMILES string of the molecule is Cc1ccc(C(=O)Nc2cccc(C(F)(F)F)c2)cc1Nc1nccn1-c1cc(NN2CCN(C)CC2)ncn1. The molecule has 0 saturated carbocycles. The predicted molar refractivity (Wildman–Crippen MR) is 146 cm³/mol. The van der Waals surface area contributed by atoms with E-state index in [0.717, 1.165) is 43.9 Å². The van der Waals surface area contributed by atoms with E-state index in [2.05, 4.69) is 48.0 Å². The second-order valence-electron chi connectivity index (χ2n) is 9.47. The van der Waals surface area contributed by atoms with Crippen LogP contribution in [0.3, 0.4) is 0 Å². The Balaban J connectivity index is 1.32. The second-order valence-corrected chi connectivity index (χ2v) is 9.47. The first-order valence-electron chi connectivity index (χ1n) is 12.6. The number of likely N-dealkylation sites (N-methyl/N-ethyl adjacent to an activating group) is 1. The Morgan fingerprint density at radius 1 is 0.975 bits per heavy atom. The maximum absolute atomic E-state index is 13.1. The summed E-state index contributed by atoms with van der Waals surface area (Å²) in [5.74, 6) is 1.16. The van der Waals surface area contributed by atoms with Crippen molar-refractivity contribution >= 4 is 29.0 Å². The van der Waals surface area contributed by atoms with Crippen molar-refractivity contribution in [3.8, 4) is 5.82 Å². The smallest absolute Gasteiger partial charge is 0.325 e. The van der Waals surface area contributed by atoms with Gasteiger partial charge in [-0.1, -0.05) is 12.1 Å². The number of carbonyl (C=O) groups excluding carboxylic acids is 1. The topological polar surface area (TPSA) is 103 Å². The molecule has 1 aliphatic heterocycles. The molecule has 2 aromatic carbocycles. The summed E-state index contributed by atoms with van der Waals surface area (Å²) >= 11 is 0. The first-order valence-corrected chi connectivity index (χ1v) is 12.6. The van der Waals surface area contributed by atoms with Crippen molar-refractivity contribution in [2.45, 2.75) is 13.1 Å². The molecule has 0 aliphatic carbocycles. The van der Waals surface area contributed by atoms with Gasteiger partial charge in [0.05, 0.1) is 5.56 Å². The minimum atomic E-state index is -4.51. The number of hydrogen-bond donors (Lipinski definition) is 3. The summed E-state index contributed by atoms with van der Waals surface area (Å²) in [6.07, 6.45) is 0.345. The van der Waals surface area contributed by atoms with E-state index in [1.54, 1.807) is 35.2 Å². The van der Waals surface area contributed by atoms with Gasteiger partial charge < -0.3 is 21.0 Å². The normalized spacial score (nSPS) is 14.6. The zero-order chi connectivity index (χ0) is 28.3. The van der Waals surface area contributed by atoms with Gasteiger partial charge in [-0.25, -0.2) is 20.0 Å². The van der Waals surface area contributed by atoms with Crippen molar-refractivity contribution in [3.63, 3.8) is 0 Å². The Morgan fingerprint density at radius 3 is 2.55 bits per heavy atom. The lowest BCUT2D eigenvalue weighted by Crippen LogP contribution is -2.47. The summed E-state index contributed by atoms with van der Waals surface area (Å²) in [6, 6.07) is 11.3. The van der Waals surface area contributed by atoms with Crippen LogP contribution in [0.1, 0.15) is 21.5 Å². The Morgan fingerprint density at radius 2 is 1.77 bits per heavy atom. The predicted octanol–water partition coefficient (Wildman–Crippen LogP) is 4.56. The quantitative estimate of drug-likeness (QED) is 0.307. The maximum atomic E-state index is 13.1. The molecule has 13 heteroatoms. The van der Waals surface area contributed by atoms with Gasteiger partial charge >= 0.3 is 6.18 Å². The van der Waals surface area contributed by atoms with Gasteiger partial charge in [-0.3, -0.25) is 9.36 Å². The molecule has 208 valence electrons. The van der Waals surface area contributed by atoms with Crippen molar-refractivity contribution in [2.24, 2.45) is 0 Å². The summed E-state index contributed by atoms with van der Waals surface area (Å²) in [5, 5.41) is 7.89. The number of hydrogen-bond acceptors (Lipinski definition) is 8. The number of aromatic nitrogens is 4. The number of amides is 1. The highest BCUT2D eigenvalue weighted by Gasteiger charge is 2.30. The van der Waals surface area contributed by atoms with Gasteiger partial charge in [0.25, 0.3) is 5.91 Å². The molecule has 1 aliphatic rings. The van der Waals surface area contributed by atoms with E-state index < -0.39 is 17.6 Å². The number of carbonyl (C=O) groups is 1. The van der Waals surface area contributed by atoms with Gasteiger partial charge in [0.15, 0.2) is 0 Å². The zero-order valence-corrected chi connectivity index (χ0v) is 21.9. The molecular weight excluding hydrogens is 523 g/mol. The van der Waals surface area contributed by atoms with Crippen molar-refractivity contribution in [3.05, 3.63) is 83.9 Å². The van der Waals surface area contributed by atoms with Crippen LogP contribution >= 0.6 is 0 Å². The number of aryl methyl sites for hydroxylation is 1. The molecule has 1 fully saturated rings. The van der Waals surface area contributed by atoms with Crippen LogP contribution in [-0.4, -0.2) is 68.6 Å². The van der Waals surface area contributed by atoms with E-state index in [0.29, 0.717) is 23.3 Å². The molecule has 5 rings (SSSR count). The average Bonchev–Trinajstić information content (AvgIpc) is 3.39. The minimum absolute atomic E-state index is 0.0511. The number of anilines is 4. The van der Waals surface area contributed by atoms with Gasteiger partial charge in [0, 0.05) is 61.6 Å². The van der Waals surface area contributed by atoms with Crippen molar-refractivity contribution < 1.29 is 18.0 Å². The highest BCUT2D eigenvalue weighted by molar-refractivity contribution is 6.05. The van der Waals surface area contributed by atoms with Crippen LogP contribution in [0.15, 0.2) is 67.3 Å². The van der Waals surface area contributed by atoms with Gasteiger partial charge in [0.2, 0.25) is 5.95 Å². The number of rotatable bonds is 7. The minimum Gasteiger partial charge on any atom is -0.325 e. The highest BCUT2D eigenvalue weighted by atomic mass is 19.4. The van der Waals surface area contributed by atoms with Gasteiger partial charge in [0.1, 0.15) is 18.0 Å². The van der Waals surface area contributed by atoms with E-state index in [1.165, 1.54) is 18.5 Å². The largest absolute Gasteiger partial charge is 0.416 e. The van der Waals surface area contributed by atoms with Crippen LogP contribution < -0.4 is 16.1 Å². The number of alkyl halides is 3. The summed E-state index contributed by atoms with van der Waals surface area (Å²) in [5.41, 5.74) is 4.25. The Hall–Kier alpha value is -4.49. The van der Waals surface area contributed by atoms with E-state index in [1.807, 2.05) is 13.0 Å². The third-order valence-electron chi connectivity index (χ3n) is 6.51. The lowest BCUT2D eigenvalue weighted by molar-refractivity contribution is -0.137. The average molecular weight is 552 g/mol. The van der Waals surface area contributed by atoms with Crippen LogP contribution in [0.25, 0.3) is 5.82 Å². The molecule has 3 N–H and O–H groups in total. The Kier molecular flexibility index (Phi) is 7.67. The van der Waals surface area contributed by atoms with Gasteiger partial charge in [-0.15, -0.1) is 0 Å². The molecule has 40 heavy (non-hydrogen) atoms. The molecule has 0 atom stereocenters. The molecule has 1 saturated heterocycles. The fraction of sp³-hybridized carbons (Fsp3) is 0.259. The molecule has 0 bridgehead atoms. The molecule has 0 unspecified atom stereocenters. The maximum Gasteiger partial charge on any atom is 0.416 e. The standard InChI is InChI=1S/C27H28F3N9O/c1-18-6-7-19(25(40)34-21-5-3-4-20(15-21)27(28,29)30)14-22(18)35-26-31-8-9-39(26)24-16-23(32-17-33-24)36-38-12-10-37(2)11-13-38/h3-9,14-17H,10-13H2,1-2H3,(H,31,35)(H,34,40)(H,32,33,36). The first-order chi connectivity index (χ1) is 19.2. The fourth-order valence-corrected chi connectivity index (χ4v) is 4.20. The molecular formula is C27H28F3N9O. The summed E-state index contributed by atoms with van der Waals surface area (Å²) < 4.78 is 40.9. The molecule has 0 radical (unpaired) electrons. The van der Waals surface area contributed by atoms with E-state index in [-0.39, 0.29) is 11.3 Å². The Labute approximate surface area is 228 Å². The number of benzene rings is 2. The number of nitrogens with zero attached hydrogens (tertiary/aromatic N) is 6. The van der Waals surface area contributed by atoms with E-state index in [9.17, 15) is 18.0 Å². The third kappa shape index (κ3) is 6.38.